The molecule has 0 unspecified atom stereocenters. The third-order valence-corrected chi connectivity index (χ3v) is 2.96. The first-order valence-corrected chi connectivity index (χ1v) is 6.48. The van der Waals surface area contributed by atoms with Gasteiger partial charge < -0.3 is 10.2 Å². The van der Waals surface area contributed by atoms with E-state index in [2.05, 4.69) is 34.1 Å². The van der Waals surface area contributed by atoms with E-state index in [-0.39, 0.29) is 0 Å². The molecule has 0 aromatic carbocycles. The maximum atomic E-state index is 4.33. The van der Waals surface area contributed by atoms with Gasteiger partial charge in [-0.15, -0.1) is 0 Å². The van der Waals surface area contributed by atoms with E-state index in [9.17, 15) is 0 Å². The quantitative estimate of drug-likeness (QED) is 0.683. The molecule has 0 radical (unpaired) electrons. The molecule has 1 heterocycles. The minimum Gasteiger partial charge on any atom is -0.314 e. The van der Waals surface area contributed by atoms with Crippen molar-refractivity contribution in [3.05, 3.63) is 11.6 Å². The molecule has 0 spiro atoms. The second kappa shape index (κ2) is 7.40. The van der Waals surface area contributed by atoms with Crippen molar-refractivity contribution in [1.82, 2.24) is 25.0 Å². The molecule has 17 heavy (non-hydrogen) atoms. The Hall–Kier alpha value is -0.940. The molecule has 0 bridgehead atoms. The van der Waals surface area contributed by atoms with Gasteiger partial charge in [-0.1, -0.05) is 13.8 Å². The molecule has 0 saturated heterocycles. The first-order chi connectivity index (χ1) is 8.17. The van der Waals surface area contributed by atoms with Gasteiger partial charge >= 0.3 is 0 Å². The van der Waals surface area contributed by atoms with Gasteiger partial charge in [0.2, 0.25) is 0 Å². The lowest BCUT2D eigenvalue weighted by Crippen LogP contribution is -2.33. The van der Waals surface area contributed by atoms with Gasteiger partial charge in [0, 0.05) is 19.6 Å². The summed E-state index contributed by atoms with van der Waals surface area (Å²) in [5.74, 6) is 1.85. The van der Waals surface area contributed by atoms with Crippen LogP contribution in [0.4, 0.5) is 0 Å². The number of aryl methyl sites for hydroxylation is 2. The zero-order valence-electron chi connectivity index (χ0n) is 11.5. The molecule has 5 heteroatoms. The van der Waals surface area contributed by atoms with Crippen LogP contribution in [0.3, 0.4) is 0 Å². The molecule has 98 valence electrons. The molecular formula is C12H25N5. The van der Waals surface area contributed by atoms with E-state index in [1.165, 1.54) is 0 Å². The van der Waals surface area contributed by atoms with Crippen LogP contribution < -0.4 is 5.32 Å². The van der Waals surface area contributed by atoms with Gasteiger partial charge in [-0.2, -0.15) is 5.10 Å². The molecule has 5 nitrogen and oxygen atoms in total. The Balaban J connectivity index is 2.14. The SMILES string of the molecule is CCN(CC)CCNCCn1nc(C)nc1C. The molecule has 0 fully saturated rings. The summed E-state index contributed by atoms with van der Waals surface area (Å²) in [5.41, 5.74) is 0. The molecular weight excluding hydrogens is 214 g/mol. The van der Waals surface area contributed by atoms with Crippen LogP contribution in [0.5, 0.6) is 0 Å². The monoisotopic (exact) mass is 239 g/mol. The van der Waals surface area contributed by atoms with Crippen molar-refractivity contribution in [3.8, 4) is 0 Å². The van der Waals surface area contributed by atoms with Crippen molar-refractivity contribution in [2.75, 3.05) is 32.7 Å². The number of hydrogen-bond donors (Lipinski definition) is 1. The molecule has 0 saturated carbocycles. The Morgan fingerprint density at radius 3 is 2.41 bits per heavy atom. The zero-order chi connectivity index (χ0) is 12.7. The second-order valence-corrected chi connectivity index (χ2v) is 4.21. The fraction of sp³-hybridized carbons (Fsp3) is 0.833. The van der Waals surface area contributed by atoms with E-state index in [4.69, 9.17) is 0 Å². The Bertz CT molecular complexity index is 317. The maximum Gasteiger partial charge on any atom is 0.147 e. The van der Waals surface area contributed by atoms with E-state index < -0.39 is 0 Å². The van der Waals surface area contributed by atoms with Crippen molar-refractivity contribution < 1.29 is 0 Å². The van der Waals surface area contributed by atoms with Gasteiger partial charge in [-0.3, -0.25) is 0 Å². The molecule has 0 aliphatic heterocycles. The van der Waals surface area contributed by atoms with Crippen molar-refractivity contribution in [2.45, 2.75) is 34.2 Å². The van der Waals surface area contributed by atoms with Crippen molar-refractivity contribution in [3.63, 3.8) is 0 Å². The molecule has 0 amide bonds. The lowest BCUT2D eigenvalue weighted by Gasteiger charge is -2.17. The summed E-state index contributed by atoms with van der Waals surface area (Å²) in [7, 11) is 0. The fourth-order valence-corrected chi connectivity index (χ4v) is 1.86. The van der Waals surface area contributed by atoms with Crippen LogP contribution in [0.1, 0.15) is 25.5 Å². The molecule has 1 aromatic rings. The van der Waals surface area contributed by atoms with Crippen LogP contribution in [0.2, 0.25) is 0 Å². The summed E-state index contributed by atoms with van der Waals surface area (Å²) in [5, 5.41) is 7.77. The van der Waals surface area contributed by atoms with E-state index in [0.717, 1.165) is 50.9 Å². The minimum absolute atomic E-state index is 0.852. The highest BCUT2D eigenvalue weighted by Crippen LogP contribution is 1.94. The fourth-order valence-electron chi connectivity index (χ4n) is 1.86. The predicted octanol–water partition coefficient (Wildman–Crippen LogP) is 0.826. The standard InChI is InChI=1S/C12H25N5/c1-5-16(6-2)9-7-13-8-10-17-12(4)14-11(3)15-17/h13H,5-10H2,1-4H3. The summed E-state index contributed by atoms with van der Waals surface area (Å²) in [6.45, 7) is 14.6. The van der Waals surface area contributed by atoms with Gasteiger partial charge in [0.1, 0.15) is 11.6 Å². The Morgan fingerprint density at radius 2 is 1.88 bits per heavy atom. The number of likely N-dealkylation sites (N-methyl/N-ethyl adjacent to an activating group) is 1. The summed E-state index contributed by atoms with van der Waals surface area (Å²) in [4.78, 5) is 6.70. The van der Waals surface area contributed by atoms with Crippen molar-refractivity contribution in [2.24, 2.45) is 0 Å². The van der Waals surface area contributed by atoms with Crippen LogP contribution in [0.15, 0.2) is 0 Å². The van der Waals surface area contributed by atoms with Gasteiger partial charge in [-0.05, 0) is 26.9 Å². The van der Waals surface area contributed by atoms with Gasteiger partial charge in [0.05, 0.1) is 6.54 Å². The highest BCUT2D eigenvalue weighted by atomic mass is 15.3. The smallest absolute Gasteiger partial charge is 0.147 e. The molecule has 1 aromatic heterocycles. The van der Waals surface area contributed by atoms with Gasteiger partial charge in [0.25, 0.3) is 0 Å². The topological polar surface area (TPSA) is 46.0 Å². The average Bonchev–Trinajstić information content (AvgIpc) is 2.62. The number of aromatic nitrogens is 3. The van der Waals surface area contributed by atoms with E-state index in [1.807, 2.05) is 18.5 Å². The molecule has 1 rings (SSSR count). The van der Waals surface area contributed by atoms with Gasteiger partial charge in [-0.25, -0.2) is 9.67 Å². The molecule has 1 N–H and O–H groups in total. The van der Waals surface area contributed by atoms with Crippen LogP contribution in [0.25, 0.3) is 0 Å². The minimum atomic E-state index is 0.852. The number of hydrogen-bond acceptors (Lipinski definition) is 4. The van der Waals surface area contributed by atoms with E-state index in [1.54, 1.807) is 0 Å². The molecule has 0 aliphatic carbocycles. The predicted molar refractivity (Wildman–Crippen MR) is 70.2 cm³/mol. The van der Waals surface area contributed by atoms with Crippen molar-refractivity contribution >= 4 is 0 Å². The third kappa shape index (κ3) is 4.83. The normalized spacial score (nSPS) is 11.4. The van der Waals surface area contributed by atoms with Crippen molar-refractivity contribution in [1.29, 1.82) is 0 Å². The first kappa shape index (κ1) is 14.1. The van der Waals surface area contributed by atoms with Crippen LogP contribution in [-0.2, 0) is 6.54 Å². The largest absolute Gasteiger partial charge is 0.314 e. The van der Waals surface area contributed by atoms with Crippen LogP contribution >= 0.6 is 0 Å². The molecule has 0 atom stereocenters. The van der Waals surface area contributed by atoms with Crippen LogP contribution in [0, 0.1) is 13.8 Å². The summed E-state index contributed by atoms with van der Waals surface area (Å²) < 4.78 is 1.96. The summed E-state index contributed by atoms with van der Waals surface area (Å²) in [6.07, 6.45) is 0. The zero-order valence-corrected chi connectivity index (χ0v) is 11.5. The van der Waals surface area contributed by atoms with Gasteiger partial charge in [0.15, 0.2) is 0 Å². The summed E-state index contributed by atoms with van der Waals surface area (Å²) in [6, 6.07) is 0. The molecule has 0 aliphatic rings. The third-order valence-electron chi connectivity index (χ3n) is 2.96. The lowest BCUT2D eigenvalue weighted by molar-refractivity contribution is 0.301. The Labute approximate surface area is 104 Å². The maximum absolute atomic E-state index is 4.33. The highest BCUT2D eigenvalue weighted by Gasteiger charge is 2.01. The second-order valence-electron chi connectivity index (χ2n) is 4.21. The lowest BCUT2D eigenvalue weighted by atomic mass is 10.4. The first-order valence-electron chi connectivity index (χ1n) is 6.48. The summed E-state index contributed by atoms with van der Waals surface area (Å²) >= 11 is 0. The number of nitrogens with zero attached hydrogens (tertiary/aromatic N) is 4. The van der Waals surface area contributed by atoms with E-state index in [0.29, 0.717) is 0 Å². The Morgan fingerprint density at radius 1 is 1.18 bits per heavy atom. The Kier molecular flexibility index (Phi) is 6.15. The number of rotatable bonds is 8. The highest BCUT2D eigenvalue weighted by molar-refractivity contribution is 4.87. The van der Waals surface area contributed by atoms with E-state index >= 15 is 0 Å². The number of nitrogens with one attached hydrogen (secondary N) is 1. The average molecular weight is 239 g/mol. The van der Waals surface area contributed by atoms with Crippen LogP contribution in [-0.4, -0.2) is 52.4 Å².